The number of hydrogen-bond acceptors (Lipinski definition) is 3. The second kappa shape index (κ2) is 9.52. The number of halogens is 5. The van der Waals surface area contributed by atoms with Gasteiger partial charge in [0, 0.05) is 14.9 Å². The summed E-state index contributed by atoms with van der Waals surface area (Å²) in [5, 5.41) is 3.67. The van der Waals surface area contributed by atoms with Crippen molar-refractivity contribution < 1.29 is 22.8 Å². The highest BCUT2D eigenvalue weighted by Gasteiger charge is 2.40. The molecule has 10 heteroatoms. The Balaban J connectivity index is 1.85. The van der Waals surface area contributed by atoms with Crippen LogP contribution >= 0.6 is 35.0 Å². The molecule has 4 nitrogen and oxygen atoms in total. The Morgan fingerprint density at radius 2 is 1.53 bits per heavy atom. The summed E-state index contributed by atoms with van der Waals surface area (Å²) in [4.78, 5) is 28.4. The number of carbonyl (C=O) groups excluding carboxylic acids is 2. The van der Waals surface area contributed by atoms with Gasteiger partial charge in [0.25, 0.3) is 11.8 Å². The molecule has 0 aliphatic carbocycles. The SMILES string of the molecule is C[C@H](c1ccc(Cl)cc1)N1C(=O)c2cc(SC(F)(F)F)ccc2NC(=O)[C@@H]1c1ccc(Cl)cc1. The van der Waals surface area contributed by atoms with Gasteiger partial charge in [-0.3, -0.25) is 9.59 Å². The number of benzene rings is 3. The Bertz CT molecular complexity index is 1230. The first-order valence-corrected chi connectivity index (χ1v) is 11.6. The molecule has 0 aromatic heterocycles. The smallest absolute Gasteiger partial charge is 0.323 e. The summed E-state index contributed by atoms with van der Waals surface area (Å²) in [5.41, 5.74) is -3.19. The third-order valence-electron chi connectivity index (χ3n) is 5.43. The molecule has 1 aliphatic heterocycles. The molecule has 3 aromatic rings. The maximum absolute atomic E-state index is 13.8. The average Bonchev–Trinajstić information content (AvgIpc) is 2.87. The van der Waals surface area contributed by atoms with Crippen LogP contribution in [0.4, 0.5) is 18.9 Å². The van der Waals surface area contributed by atoms with Crippen LogP contribution in [-0.2, 0) is 4.79 Å². The Morgan fingerprint density at radius 1 is 0.941 bits per heavy atom. The lowest BCUT2D eigenvalue weighted by molar-refractivity contribution is -0.121. The van der Waals surface area contributed by atoms with E-state index in [-0.39, 0.29) is 27.9 Å². The van der Waals surface area contributed by atoms with Crippen molar-refractivity contribution in [2.45, 2.75) is 29.4 Å². The Kier molecular flexibility index (Phi) is 6.85. The molecule has 0 unspecified atom stereocenters. The number of nitrogens with zero attached hydrogens (tertiary/aromatic N) is 1. The van der Waals surface area contributed by atoms with Gasteiger partial charge in [-0.25, -0.2) is 0 Å². The van der Waals surface area contributed by atoms with Gasteiger partial charge < -0.3 is 10.2 Å². The molecule has 4 rings (SSSR count). The predicted molar refractivity (Wildman–Crippen MR) is 127 cm³/mol. The van der Waals surface area contributed by atoms with Gasteiger partial charge >= 0.3 is 5.51 Å². The van der Waals surface area contributed by atoms with Crippen LogP contribution in [0, 0.1) is 0 Å². The van der Waals surface area contributed by atoms with E-state index in [0.29, 0.717) is 21.2 Å². The van der Waals surface area contributed by atoms with Gasteiger partial charge in [-0.15, -0.1) is 0 Å². The third kappa shape index (κ3) is 5.19. The number of anilines is 1. The summed E-state index contributed by atoms with van der Waals surface area (Å²) in [6, 6.07) is 15.3. The molecular formula is C24H17Cl2F3N2O2S. The summed E-state index contributed by atoms with van der Waals surface area (Å²) in [5.74, 6) is -1.08. The van der Waals surface area contributed by atoms with E-state index in [1.807, 2.05) is 0 Å². The number of thioether (sulfide) groups is 1. The van der Waals surface area contributed by atoms with E-state index in [1.165, 1.54) is 17.0 Å². The average molecular weight is 525 g/mol. The third-order valence-corrected chi connectivity index (χ3v) is 6.65. The fourth-order valence-corrected chi connectivity index (χ4v) is 4.68. The summed E-state index contributed by atoms with van der Waals surface area (Å²) in [7, 11) is 0. The molecule has 34 heavy (non-hydrogen) atoms. The number of nitrogens with one attached hydrogen (secondary N) is 1. The number of rotatable bonds is 4. The van der Waals surface area contributed by atoms with Crippen molar-refractivity contribution in [1.82, 2.24) is 4.90 Å². The van der Waals surface area contributed by atoms with Crippen molar-refractivity contribution in [3.63, 3.8) is 0 Å². The van der Waals surface area contributed by atoms with Gasteiger partial charge in [-0.2, -0.15) is 13.2 Å². The highest BCUT2D eigenvalue weighted by Crippen LogP contribution is 2.41. The largest absolute Gasteiger partial charge is 0.446 e. The molecule has 0 saturated carbocycles. The van der Waals surface area contributed by atoms with Crippen molar-refractivity contribution in [2.75, 3.05) is 5.32 Å². The first-order chi connectivity index (χ1) is 16.0. The van der Waals surface area contributed by atoms with E-state index >= 15 is 0 Å². The Labute approximate surface area is 208 Å². The van der Waals surface area contributed by atoms with Crippen LogP contribution < -0.4 is 5.32 Å². The predicted octanol–water partition coefficient (Wildman–Crippen LogP) is 7.50. The minimum atomic E-state index is -4.52. The molecule has 0 radical (unpaired) electrons. The maximum atomic E-state index is 13.8. The molecule has 0 fully saturated rings. The quantitative estimate of drug-likeness (QED) is 0.359. The maximum Gasteiger partial charge on any atom is 0.446 e. The molecular weight excluding hydrogens is 508 g/mol. The normalized spacial score (nSPS) is 17.1. The van der Waals surface area contributed by atoms with Crippen molar-refractivity contribution >= 4 is 52.5 Å². The number of alkyl halides is 3. The van der Waals surface area contributed by atoms with Gasteiger partial charge in [0.2, 0.25) is 0 Å². The second-order valence-electron chi connectivity index (χ2n) is 7.64. The van der Waals surface area contributed by atoms with Crippen LogP contribution in [0.5, 0.6) is 0 Å². The van der Waals surface area contributed by atoms with E-state index in [4.69, 9.17) is 23.2 Å². The summed E-state index contributed by atoms with van der Waals surface area (Å²) < 4.78 is 38.9. The van der Waals surface area contributed by atoms with E-state index in [1.54, 1.807) is 55.5 Å². The fraction of sp³-hybridized carbons (Fsp3) is 0.167. The van der Waals surface area contributed by atoms with Crippen molar-refractivity contribution in [2.24, 2.45) is 0 Å². The van der Waals surface area contributed by atoms with Gasteiger partial charge in [-0.1, -0.05) is 47.5 Å². The highest BCUT2D eigenvalue weighted by atomic mass is 35.5. The minimum absolute atomic E-state index is 0.0279. The van der Waals surface area contributed by atoms with E-state index < -0.39 is 29.4 Å². The fourth-order valence-electron chi connectivity index (χ4n) is 3.85. The summed E-state index contributed by atoms with van der Waals surface area (Å²) >= 11 is 11.7. The first-order valence-electron chi connectivity index (χ1n) is 10.1. The topological polar surface area (TPSA) is 49.4 Å². The van der Waals surface area contributed by atoms with Crippen LogP contribution in [0.15, 0.2) is 71.6 Å². The second-order valence-corrected chi connectivity index (χ2v) is 9.65. The van der Waals surface area contributed by atoms with Crippen LogP contribution in [0.1, 0.15) is 40.5 Å². The van der Waals surface area contributed by atoms with E-state index in [9.17, 15) is 22.8 Å². The van der Waals surface area contributed by atoms with Crippen LogP contribution in [0.25, 0.3) is 0 Å². The number of amides is 2. The lowest BCUT2D eigenvalue weighted by atomic mass is 9.99. The molecule has 1 N–H and O–H groups in total. The lowest BCUT2D eigenvalue weighted by Gasteiger charge is -2.34. The minimum Gasteiger partial charge on any atom is -0.323 e. The van der Waals surface area contributed by atoms with Crippen LogP contribution in [-0.4, -0.2) is 22.2 Å². The molecule has 176 valence electrons. The Hall–Kier alpha value is -2.68. The Morgan fingerprint density at radius 3 is 2.12 bits per heavy atom. The molecule has 0 bridgehead atoms. The lowest BCUT2D eigenvalue weighted by Crippen LogP contribution is -2.40. The number of hydrogen-bond donors (Lipinski definition) is 1. The van der Waals surface area contributed by atoms with Crippen LogP contribution in [0.3, 0.4) is 0 Å². The number of fused-ring (bicyclic) bond motifs is 1. The molecule has 0 saturated heterocycles. The molecule has 1 heterocycles. The standard InChI is InChI=1S/C24H17Cl2F3N2O2S/c1-13(14-2-6-16(25)7-3-14)31-21(15-4-8-17(26)9-5-15)22(32)30-20-11-10-18(34-24(27,28)29)12-19(20)23(31)33/h2-13,21H,1H3,(H,30,32)/t13-,21+/m1/s1. The first kappa shape index (κ1) is 24.4. The molecule has 3 aromatic carbocycles. The molecule has 2 atom stereocenters. The molecule has 2 amide bonds. The van der Waals surface area contributed by atoms with Gasteiger partial charge in [0.15, 0.2) is 0 Å². The van der Waals surface area contributed by atoms with Crippen molar-refractivity contribution in [1.29, 1.82) is 0 Å². The van der Waals surface area contributed by atoms with E-state index in [2.05, 4.69) is 5.32 Å². The van der Waals surface area contributed by atoms with E-state index in [0.717, 1.165) is 6.07 Å². The zero-order valence-electron chi connectivity index (χ0n) is 17.6. The van der Waals surface area contributed by atoms with Gasteiger partial charge in [-0.05, 0) is 72.3 Å². The van der Waals surface area contributed by atoms with Crippen molar-refractivity contribution in [3.05, 3.63) is 93.5 Å². The van der Waals surface area contributed by atoms with Crippen molar-refractivity contribution in [3.8, 4) is 0 Å². The van der Waals surface area contributed by atoms with Crippen LogP contribution in [0.2, 0.25) is 10.0 Å². The summed E-state index contributed by atoms with van der Waals surface area (Å²) in [6.07, 6.45) is 0. The highest BCUT2D eigenvalue weighted by molar-refractivity contribution is 8.00. The number of carbonyl (C=O) groups is 2. The molecule has 0 spiro atoms. The van der Waals surface area contributed by atoms with Gasteiger partial charge in [0.05, 0.1) is 17.3 Å². The zero-order valence-corrected chi connectivity index (χ0v) is 19.9. The zero-order chi connectivity index (χ0) is 24.6. The molecule has 1 aliphatic rings. The monoisotopic (exact) mass is 524 g/mol. The summed E-state index contributed by atoms with van der Waals surface area (Å²) in [6.45, 7) is 1.75. The van der Waals surface area contributed by atoms with Gasteiger partial charge in [0.1, 0.15) is 6.04 Å².